The Morgan fingerprint density at radius 2 is 2.20 bits per heavy atom. The van der Waals surface area contributed by atoms with Crippen LogP contribution >= 0.6 is 11.3 Å². The minimum Gasteiger partial charge on any atom is -0.477 e. The summed E-state index contributed by atoms with van der Waals surface area (Å²) in [7, 11) is 0. The number of likely N-dealkylation sites (tertiary alicyclic amines) is 1. The van der Waals surface area contributed by atoms with E-state index in [9.17, 15) is 9.90 Å². The molecule has 1 saturated heterocycles. The molecule has 0 saturated carbocycles. The molecule has 0 aromatic carbocycles. The number of aromatic amines is 1. The Kier molecular flexibility index (Phi) is 4.17. The van der Waals surface area contributed by atoms with Gasteiger partial charge in [-0.25, -0.2) is 4.79 Å². The number of thiophene rings is 1. The molecule has 0 amide bonds. The van der Waals surface area contributed by atoms with Crippen LogP contribution in [-0.4, -0.2) is 45.9 Å². The zero-order chi connectivity index (χ0) is 17.6. The number of hydrogen-bond acceptors (Lipinski definition) is 5. The summed E-state index contributed by atoms with van der Waals surface area (Å²) in [6, 6.07) is 1.85. The molecule has 0 bridgehead atoms. The number of carboxylic acids is 1. The molecule has 4 heterocycles. The molecular weight excluding hydrogens is 338 g/mol. The molecule has 0 atom stereocenters. The molecule has 7 heteroatoms. The van der Waals surface area contributed by atoms with Crippen molar-refractivity contribution in [3.63, 3.8) is 0 Å². The van der Waals surface area contributed by atoms with E-state index in [1.807, 2.05) is 13.0 Å². The van der Waals surface area contributed by atoms with Gasteiger partial charge in [0.1, 0.15) is 4.88 Å². The van der Waals surface area contributed by atoms with Crippen molar-refractivity contribution >= 4 is 17.3 Å². The maximum Gasteiger partial charge on any atom is 0.345 e. The first-order chi connectivity index (χ1) is 12.0. The predicted molar refractivity (Wildman–Crippen MR) is 95.2 cm³/mol. The van der Waals surface area contributed by atoms with E-state index in [4.69, 9.17) is 4.74 Å². The van der Waals surface area contributed by atoms with Crippen molar-refractivity contribution in [1.82, 2.24) is 15.1 Å². The Morgan fingerprint density at radius 3 is 2.84 bits per heavy atom. The summed E-state index contributed by atoms with van der Waals surface area (Å²) in [6.45, 7) is 7.59. The fourth-order valence-corrected chi connectivity index (χ4v) is 5.11. The van der Waals surface area contributed by atoms with Gasteiger partial charge in [-0.05, 0) is 38.3 Å². The lowest BCUT2D eigenvalue weighted by Crippen LogP contribution is -2.46. The molecule has 2 aromatic heterocycles. The lowest BCUT2D eigenvalue weighted by atomic mass is 9.82. The molecule has 0 aliphatic carbocycles. The van der Waals surface area contributed by atoms with Crippen molar-refractivity contribution in [1.29, 1.82) is 0 Å². The van der Waals surface area contributed by atoms with Crippen LogP contribution in [0.3, 0.4) is 0 Å². The lowest BCUT2D eigenvalue weighted by Gasteiger charge is -2.44. The fraction of sp³-hybridized carbons (Fsp3) is 0.556. The van der Waals surface area contributed by atoms with Gasteiger partial charge in [0.15, 0.2) is 0 Å². The van der Waals surface area contributed by atoms with E-state index in [1.54, 1.807) is 0 Å². The predicted octanol–water partition coefficient (Wildman–Crippen LogP) is 2.85. The van der Waals surface area contributed by atoms with Crippen molar-refractivity contribution in [3.05, 3.63) is 38.3 Å². The molecule has 2 aliphatic rings. The van der Waals surface area contributed by atoms with Crippen LogP contribution in [0, 0.1) is 13.8 Å². The summed E-state index contributed by atoms with van der Waals surface area (Å²) in [5.74, 6) is -0.835. The van der Waals surface area contributed by atoms with Crippen LogP contribution in [0.1, 0.15) is 49.9 Å². The van der Waals surface area contributed by atoms with Gasteiger partial charge in [0.05, 0.1) is 17.9 Å². The Hall–Kier alpha value is -1.70. The van der Waals surface area contributed by atoms with Gasteiger partial charge in [-0.1, -0.05) is 0 Å². The quantitative estimate of drug-likeness (QED) is 0.879. The van der Waals surface area contributed by atoms with Crippen LogP contribution < -0.4 is 0 Å². The molecule has 2 aromatic rings. The van der Waals surface area contributed by atoms with E-state index < -0.39 is 5.97 Å². The number of piperidine rings is 1. The topological polar surface area (TPSA) is 78.5 Å². The van der Waals surface area contributed by atoms with Gasteiger partial charge >= 0.3 is 5.97 Å². The number of carbonyl (C=O) groups is 1. The smallest absolute Gasteiger partial charge is 0.345 e. The van der Waals surface area contributed by atoms with E-state index >= 15 is 0 Å². The third-order valence-electron chi connectivity index (χ3n) is 5.54. The number of fused-ring (bicyclic) bond motifs is 2. The standard InChI is InChI=1S/C18H23N3O3S/c1-11-13(12(2)20-19-11)10-21-6-4-18(5-7-21)14-9-16(17(22)23)25-15(14)3-8-24-18/h9H,3-8,10H2,1-2H3,(H,19,20)(H,22,23). The van der Waals surface area contributed by atoms with Gasteiger partial charge in [-0.15, -0.1) is 11.3 Å². The normalized spacial score (nSPS) is 19.9. The Balaban J connectivity index is 1.51. The molecular formula is C18H23N3O3S. The molecule has 6 nitrogen and oxygen atoms in total. The summed E-state index contributed by atoms with van der Waals surface area (Å²) in [5, 5.41) is 16.6. The number of nitrogens with one attached hydrogen (secondary N) is 1. The Morgan fingerprint density at radius 1 is 1.44 bits per heavy atom. The number of ether oxygens (including phenoxy) is 1. The highest BCUT2D eigenvalue weighted by Crippen LogP contribution is 2.44. The maximum atomic E-state index is 11.3. The number of nitrogens with zero attached hydrogens (tertiary/aromatic N) is 2. The highest BCUT2D eigenvalue weighted by molar-refractivity contribution is 7.14. The first-order valence-electron chi connectivity index (χ1n) is 8.72. The number of H-pyrrole nitrogens is 1. The zero-order valence-electron chi connectivity index (χ0n) is 14.6. The highest BCUT2D eigenvalue weighted by atomic mass is 32.1. The summed E-state index contributed by atoms with van der Waals surface area (Å²) < 4.78 is 6.23. The van der Waals surface area contributed by atoms with E-state index in [2.05, 4.69) is 22.0 Å². The SMILES string of the molecule is Cc1n[nH]c(C)c1CN1CCC2(CC1)OCCc1sc(C(=O)O)cc12. The average Bonchev–Trinajstić information content (AvgIpc) is 3.17. The molecule has 2 N–H and O–H groups in total. The van der Waals surface area contributed by atoms with Crippen molar-refractivity contribution < 1.29 is 14.6 Å². The molecule has 0 unspecified atom stereocenters. The van der Waals surface area contributed by atoms with E-state index in [-0.39, 0.29) is 5.60 Å². The van der Waals surface area contributed by atoms with Gasteiger partial charge in [0.2, 0.25) is 0 Å². The van der Waals surface area contributed by atoms with Crippen LogP contribution in [0.2, 0.25) is 0 Å². The highest BCUT2D eigenvalue weighted by Gasteiger charge is 2.42. The molecule has 0 radical (unpaired) electrons. The number of hydrogen-bond donors (Lipinski definition) is 2. The van der Waals surface area contributed by atoms with E-state index in [0.29, 0.717) is 11.5 Å². The van der Waals surface area contributed by atoms with Gasteiger partial charge in [-0.2, -0.15) is 5.10 Å². The van der Waals surface area contributed by atoms with Crippen LogP contribution in [0.4, 0.5) is 0 Å². The number of aryl methyl sites for hydroxylation is 2. The van der Waals surface area contributed by atoms with Crippen molar-refractivity contribution in [2.75, 3.05) is 19.7 Å². The number of rotatable bonds is 3. The summed E-state index contributed by atoms with van der Waals surface area (Å²) in [4.78, 5) is 15.4. The molecule has 2 aliphatic heterocycles. The first kappa shape index (κ1) is 16.8. The van der Waals surface area contributed by atoms with Crippen molar-refractivity contribution in [3.8, 4) is 0 Å². The number of aromatic carboxylic acids is 1. The Bertz CT molecular complexity index is 783. The summed E-state index contributed by atoms with van der Waals surface area (Å²) >= 11 is 1.41. The number of carboxylic acid groups (broad SMARTS) is 1. The van der Waals surface area contributed by atoms with Crippen LogP contribution in [0.15, 0.2) is 6.07 Å². The minimum atomic E-state index is -0.835. The molecule has 4 rings (SSSR count). The molecule has 25 heavy (non-hydrogen) atoms. The third-order valence-corrected chi connectivity index (χ3v) is 6.73. The van der Waals surface area contributed by atoms with E-state index in [0.717, 1.165) is 55.8 Å². The lowest BCUT2D eigenvalue weighted by molar-refractivity contribution is -0.0981. The Labute approximate surface area is 150 Å². The van der Waals surface area contributed by atoms with Crippen molar-refractivity contribution in [2.45, 2.75) is 45.3 Å². The second-order valence-corrected chi connectivity index (χ2v) is 8.17. The van der Waals surface area contributed by atoms with Gasteiger partial charge in [-0.3, -0.25) is 10.00 Å². The second-order valence-electron chi connectivity index (χ2n) is 7.03. The summed E-state index contributed by atoms with van der Waals surface area (Å²) in [6.07, 6.45) is 2.64. The van der Waals surface area contributed by atoms with Gasteiger partial charge in [0, 0.05) is 42.2 Å². The van der Waals surface area contributed by atoms with Crippen LogP contribution in [0.5, 0.6) is 0 Å². The molecule has 134 valence electrons. The molecule has 1 fully saturated rings. The summed E-state index contributed by atoms with van der Waals surface area (Å²) in [5.41, 5.74) is 4.31. The first-order valence-corrected chi connectivity index (χ1v) is 9.53. The maximum absolute atomic E-state index is 11.3. The van der Waals surface area contributed by atoms with Gasteiger partial charge in [0.25, 0.3) is 0 Å². The third kappa shape index (κ3) is 2.90. The fourth-order valence-electron chi connectivity index (χ4n) is 4.04. The number of aromatic nitrogens is 2. The van der Waals surface area contributed by atoms with Crippen LogP contribution in [0.25, 0.3) is 0 Å². The van der Waals surface area contributed by atoms with Crippen molar-refractivity contribution in [2.24, 2.45) is 0 Å². The molecule has 1 spiro atoms. The van der Waals surface area contributed by atoms with Gasteiger partial charge < -0.3 is 9.84 Å². The second kappa shape index (κ2) is 6.23. The monoisotopic (exact) mass is 361 g/mol. The van der Waals surface area contributed by atoms with E-state index in [1.165, 1.54) is 21.8 Å². The average molecular weight is 361 g/mol. The zero-order valence-corrected chi connectivity index (χ0v) is 15.4. The van der Waals surface area contributed by atoms with Crippen LogP contribution in [-0.2, 0) is 23.3 Å². The minimum absolute atomic E-state index is 0.297. The largest absolute Gasteiger partial charge is 0.477 e.